The van der Waals surface area contributed by atoms with E-state index < -0.39 is 0 Å². The summed E-state index contributed by atoms with van der Waals surface area (Å²) >= 11 is 0. The van der Waals surface area contributed by atoms with E-state index in [2.05, 4.69) is 42.2 Å². The van der Waals surface area contributed by atoms with Gasteiger partial charge in [-0.05, 0) is 31.1 Å². The first-order valence-electron chi connectivity index (χ1n) is 7.30. The standard InChI is InChI=1S/C14H26N4/c1-4-5-14-10-18(16-15-14)11-17-8-6-13(7-9-17)12(2)3/h10,12-13H,4-9,11H2,1-3H3. The molecule has 0 bridgehead atoms. The van der Waals surface area contributed by atoms with Crippen LogP contribution in [0.25, 0.3) is 0 Å². The van der Waals surface area contributed by atoms with Gasteiger partial charge in [-0.15, -0.1) is 5.10 Å². The predicted molar refractivity (Wildman–Crippen MR) is 73.2 cm³/mol. The molecule has 0 aromatic carbocycles. The van der Waals surface area contributed by atoms with Crippen molar-refractivity contribution in [3.8, 4) is 0 Å². The second-order valence-corrected chi connectivity index (χ2v) is 5.84. The van der Waals surface area contributed by atoms with Crippen molar-refractivity contribution in [1.82, 2.24) is 19.9 Å². The second kappa shape index (κ2) is 6.32. The number of hydrogen-bond acceptors (Lipinski definition) is 3. The number of aryl methyl sites for hydroxylation is 1. The zero-order valence-corrected chi connectivity index (χ0v) is 12.0. The predicted octanol–water partition coefficient (Wildman–Crippen LogP) is 2.56. The van der Waals surface area contributed by atoms with E-state index in [4.69, 9.17) is 0 Å². The van der Waals surface area contributed by atoms with E-state index in [9.17, 15) is 0 Å². The van der Waals surface area contributed by atoms with Crippen molar-refractivity contribution in [3.05, 3.63) is 11.9 Å². The summed E-state index contributed by atoms with van der Waals surface area (Å²) in [6.45, 7) is 10.2. The zero-order chi connectivity index (χ0) is 13.0. The Morgan fingerprint density at radius 1 is 1.33 bits per heavy atom. The molecule has 0 N–H and O–H groups in total. The highest BCUT2D eigenvalue weighted by Gasteiger charge is 2.21. The van der Waals surface area contributed by atoms with E-state index in [-0.39, 0.29) is 0 Å². The molecule has 0 aliphatic carbocycles. The van der Waals surface area contributed by atoms with Crippen LogP contribution in [0, 0.1) is 11.8 Å². The van der Waals surface area contributed by atoms with Crippen LogP contribution >= 0.6 is 0 Å². The van der Waals surface area contributed by atoms with Crippen molar-refractivity contribution in [2.45, 2.75) is 53.1 Å². The van der Waals surface area contributed by atoms with Crippen LogP contribution in [-0.2, 0) is 13.1 Å². The Bertz CT molecular complexity index is 350. The van der Waals surface area contributed by atoms with E-state index in [1.807, 2.05) is 4.68 Å². The van der Waals surface area contributed by atoms with Crippen LogP contribution in [0.1, 0.15) is 45.7 Å². The van der Waals surface area contributed by atoms with Crippen molar-refractivity contribution in [1.29, 1.82) is 0 Å². The normalized spacial score (nSPS) is 18.7. The number of likely N-dealkylation sites (tertiary alicyclic amines) is 1. The molecule has 1 aromatic heterocycles. The molecule has 1 aliphatic rings. The SMILES string of the molecule is CCCc1cn(CN2CCC(C(C)C)CC2)nn1. The molecule has 2 rings (SSSR count). The van der Waals surface area contributed by atoms with Gasteiger partial charge in [-0.2, -0.15) is 0 Å². The minimum atomic E-state index is 0.828. The molecule has 1 saturated heterocycles. The van der Waals surface area contributed by atoms with Crippen LogP contribution in [-0.4, -0.2) is 33.0 Å². The summed E-state index contributed by atoms with van der Waals surface area (Å²) in [5.41, 5.74) is 1.12. The summed E-state index contributed by atoms with van der Waals surface area (Å²) in [6.07, 6.45) is 6.92. The first kappa shape index (κ1) is 13.5. The van der Waals surface area contributed by atoms with Gasteiger partial charge in [0.15, 0.2) is 0 Å². The molecule has 2 heterocycles. The van der Waals surface area contributed by atoms with E-state index in [1.54, 1.807) is 0 Å². The van der Waals surface area contributed by atoms with Gasteiger partial charge in [0.25, 0.3) is 0 Å². The molecule has 0 unspecified atom stereocenters. The van der Waals surface area contributed by atoms with Gasteiger partial charge in [0.1, 0.15) is 0 Å². The highest BCUT2D eigenvalue weighted by molar-refractivity contribution is 4.91. The monoisotopic (exact) mass is 250 g/mol. The Hall–Kier alpha value is -0.900. The number of aromatic nitrogens is 3. The maximum Gasteiger partial charge on any atom is 0.0946 e. The van der Waals surface area contributed by atoms with Crippen molar-refractivity contribution in [2.75, 3.05) is 13.1 Å². The van der Waals surface area contributed by atoms with Gasteiger partial charge >= 0.3 is 0 Å². The van der Waals surface area contributed by atoms with Crippen molar-refractivity contribution in [3.63, 3.8) is 0 Å². The van der Waals surface area contributed by atoms with Gasteiger partial charge in [-0.25, -0.2) is 4.68 Å². The average Bonchev–Trinajstić information content (AvgIpc) is 2.78. The van der Waals surface area contributed by atoms with Gasteiger partial charge in [0.05, 0.1) is 12.4 Å². The van der Waals surface area contributed by atoms with Gasteiger partial charge < -0.3 is 0 Å². The molecule has 18 heavy (non-hydrogen) atoms. The molecule has 4 heteroatoms. The molecule has 0 amide bonds. The van der Waals surface area contributed by atoms with Gasteiger partial charge in [0.2, 0.25) is 0 Å². The maximum atomic E-state index is 4.21. The van der Waals surface area contributed by atoms with E-state index in [1.165, 1.54) is 25.9 Å². The van der Waals surface area contributed by atoms with E-state index >= 15 is 0 Å². The van der Waals surface area contributed by atoms with Crippen LogP contribution < -0.4 is 0 Å². The first-order valence-corrected chi connectivity index (χ1v) is 7.30. The van der Waals surface area contributed by atoms with Crippen molar-refractivity contribution >= 4 is 0 Å². The molecular formula is C14H26N4. The Morgan fingerprint density at radius 3 is 2.67 bits per heavy atom. The minimum absolute atomic E-state index is 0.828. The molecule has 0 saturated carbocycles. The number of rotatable bonds is 5. The Kier molecular flexibility index (Phi) is 4.75. The molecule has 0 atom stereocenters. The largest absolute Gasteiger partial charge is 0.284 e. The quantitative estimate of drug-likeness (QED) is 0.805. The lowest BCUT2D eigenvalue weighted by molar-refractivity contribution is 0.121. The molecule has 1 aliphatic heterocycles. The summed E-state index contributed by atoms with van der Waals surface area (Å²) in [5, 5.41) is 8.41. The van der Waals surface area contributed by atoms with Crippen molar-refractivity contribution in [2.24, 2.45) is 11.8 Å². The third-order valence-corrected chi connectivity index (χ3v) is 4.01. The third kappa shape index (κ3) is 3.55. The fourth-order valence-electron chi connectivity index (χ4n) is 2.74. The van der Waals surface area contributed by atoms with Gasteiger partial charge in [0, 0.05) is 19.3 Å². The van der Waals surface area contributed by atoms with Crippen LogP contribution in [0.2, 0.25) is 0 Å². The molecular weight excluding hydrogens is 224 g/mol. The Balaban J connectivity index is 1.80. The molecule has 1 aromatic rings. The minimum Gasteiger partial charge on any atom is -0.284 e. The summed E-state index contributed by atoms with van der Waals surface area (Å²) in [5.74, 6) is 1.74. The smallest absolute Gasteiger partial charge is 0.0946 e. The number of piperidine rings is 1. The van der Waals surface area contributed by atoms with E-state index in [0.29, 0.717) is 0 Å². The fourth-order valence-corrected chi connectivity index (χ4v) is 2.74. The van der Waals surface area contributed by atoms with E-state index in [0.717, 1.165) is 37.0 Å². The Morgan fingerprint density at radius 2 is 2.06 bits per heavy atom. The Labute approximate surface area is 110 Å². The summed E-state index contributed by atoms with van der Waals surface area (Å²) < 4.78 is 1.99. The summed E-state index contributed by atoms with van der Waals surface area (Å²) in [7, 11) is 0. The molecule has 102 valence electrons. The topological polar surface area (TPSA) is 34.0 Å². The van der Waals surface area contributed by atoms with Gasteiger partial charge in [-0.1, -0.05) is 32.4 Å². The molecule has 4 nitrogen and oxygen atoms in total. The average molecular weight is 250 g/mol. The lowest BCUT2D eigenvalue weighted by atomic mass is 9.87. The molecule has 1 fully saturated rings. The third-order valence-electron chi connectivity index (χ3n) is 4.01. The van der Waals surface area contributed by atoms with Crippen LogP contribution in [0.3, 0.4) is 0 Å². The first-order chi connectivity index (χ1) is 8.69. The summed E-state index contributed by atoms with van der Waals surface area (Å²) in [4.78, 5) is 2.49. The van der Waals surface area contributed by atoms with Crippen LogP contribution in [0.5, 0.6) is 0 Å². The highest BCUT2D eigenvalue weighted by atomic mass is 15.5. The number of hydrogen-bond donors (Lipinski definition) is 0. The van der Waals surface area contributed by atoms with Crippen LogP contribution in [0.4, 0.5) is 0 Å². The number of nitrogens with zero attached hydrogens (tertiary/aromatic N) is 4. The van der Waals surface area contributed by atoms with Crippen LogP contribution in [0.15, 0.2) is 6.20 Å². The lowest BCUT2D eigenvalue weighted by Gasteiger charge is -2.33. The molecule has 0 radical (unpaired) electrons. The fraction of sp³-hybridized carbons (Fsp3) is 0.857. The maximum absolute atomic E-state index is 4.21. The molecule has 0 spiro atoms. The lowest BCUT2D eigenvalue weighted by Crippen LogP contribution is -2.36. The zero-order valence-electron chi connectivity index (χ0n) is 12.0. The van der Waals surface area contributed by atoms with Gasteiger partial charge in [-0.3, -0.25) is 4.90 Å². The summed E-state index contributed by atoms with van der Waals surface area (Å²) in [6, 6.07) is 0. The van der Waals surface area contributed by atoms with Crippen molar-refractivity contribution < 1.29 is 0 Å². The second-order valence-electron chi connectivity index (χ2n) is 5.84. The highest BCUT2D eigenvalue weighted by Crippen LogP contribution is 2.24.